The molecule has 0 aromatic rings. The van der Waals surface area contributed by atoms with Gasteiger partial charge in [-0.3, -0.25) is 0 Å². The molecular formula is C5H11O2. The monoisotopic (exact) mass is 103 g/mol. The highest BCUT2D eigenvalue weighted by molar-refractivity contribution is 4.46. The maximum atomic E-state index is 8.13. The minimum absolute atomic E-state index is 0.00181. The molecule has 0 aromatic carbocycles. The van der Waals surface area contributed by atoms with Crippen molar-refractivity contribution < 1.29 is 9.84 Å². The second kappa shape index (κ2) is 4.09. The van der Waals surface area contributed by atoms with E-state index in [0.717, 1.165) is 0 Å². The van der Waals surface area contributed by atoms with Crippen LogP contribution in [0.4, 0.5) is 0 Å². The van der Waals surface area contributed by atoms with Crippen LogP contribution in [0.1, 0.15) is 13.8 Å². The zero-order valence-corrected chi connectivity index (χ0v) is 4.72. The SMILES string of the molecule is CC(C)O[CH]CO. The van der Waals surface area contributed by atoms with E-state index in [1.165, 1.54) is 6.61 Å². The average molecular weight is 103 g/mol. The first-order valence-electron chi connectivity index (χ1n) is 2.35. The van der Waals surface area contributed by atoms with E-state index in [4.69, 9.17) is 9.84 Å². The van der Waals surface area contributed by atoms with Gasteiger partial charge in [-0.05, 0) is 13.8 Å². The van der Waals surface area contributed by atoms with Crippen molar-refractivity contribution in [3.63, 3.8) is 0 Å². The van der Waals surface area contributed by atoms with Crippen molar-refractivity contribution in [2.24, 2.45) is 0 Å². The van der Waals surface area contributed by atoms with Crippen molar-refractivity contribution in [2.45, 2.75) is 20.0 Å². The Balaban J connectivity index is 2.68. The third-order valence-corrected chi connectivity index (χ3v) is 0.443. The zero-order chi connectivity index (χ0) is 5.70. The van der Waals surface area contributed by atoms with Crippen LogP contribution in [0.3, 0.4) is 0 Å². The molecule has 43 valence electrons. The number of aliphatic hydroxyl groups excluding tert-OH is 1. The summed E-state index contributed by atoms with van der Waals surface area (Å²) in [6, 6.07) is 0. The first-order chi connectivity index (χ1) is 3.27. The van der Waals surface area contributed by atoms with Gasteiger partial charge in [0.25, 0.3) is 0 Å². The van der Waals surface area contributed by atoms with E-state index in [9.17, 15) is 0 Å². The maximum absolute atomic E-state index is 8.13. The molecule has 0 saturated heterocycles. The van der Waals surface area contributed by atoms with Crippen molar-refractivity contribution in [3.05, 3.63) is 6.61 Å². The second-order valence-electron chi connectivity index (χ2n) is 1.53. The molecule has 0 unspecified atom stereocenters. The molecule has 0 aliphatic heterocycles. The van der Waals surface area contributed by atoms with Gasteiger partial charge in [0.1, 0.15) is 6.61 Å². The molecule has 0 saturated carbocycles. The van der Waals surface area contributed by atoms with Crippen LogP contribution < -0.4 is 0 Å². The molecule has 0 aliphatic carbocycles. The molecule has 2 nitrogen and oxygen atoms in total. The van der Waals surface area contributed by atoms with Gasteiger partial charge in [0.2, 0.25) is 0 Å². The summed E-state index contributed by atoms with van der Waals surface area (Å²) in [5, 5.41) is 8.13. The summed E-state index contributed by atoms with van der Waals surface area (Å²) in [7, 11) is 0. The maximum Gasteiger partial charge on any atom is 0.109 e. The lowest BCUT2D eigenvalue weighted by atomic mass is 10.5. The van der Waals surface area contributed by atoms with Crippen LogP contribution in [0.15, 0.2) is 0 Å². The Kier molecular flexibility index (Phi) is 4.04. The minimum Gasteiger partial charge on any atom is -0.394 e. The summed E-state index contributed by atoms with van der Waals surface area (Å²) in [6.07, 6.45) is 0.187. The van der Waals surface area contributed by atoms with Crippen LogP contribution in [0.2, 0.25) is 0 Å². The molecule has 0 spiro atoms. The van der Waals surface area contributed by atoms with E-state index in [1.807, 2.05) is 13.8 Å². The summed E-state index contributed by atoms with van der Waals surface area (Å²) in [5.74, 6) is 0. The fraction of sp³-hybridized carbons (Fsp3) is 0.800. The molecule has 0 fully saturated rings. The Morgan fingerprint density at radius 3 is 2.43 bits per heavy atom. The Hall–Kier alpha value is -0.0800. The van der Waals surface area contributed by atoms with E-state index < -0.39 is 0 Å². The van der Waals surface area contributed by atoms with E-state index >= 15 is 0 Å². The van der Waals surface area contributed by atoms with Crippen LogP contribution in [0.25, 0.3) is 0 Å². The highest BCUT2D eigenvalue weighted by Gasteiger charge is 1.88. The number of ether oxygens (including phenoxy) is 1. The highest BCUT2D eigenvalue weighted by atomic mass is 16.5. The lowest BCUT2D eigenvalue weighted by molar-refractivity contribution is 0.103. The third-order valence-electron chi connectivity index (χ3n) is 0.443. The van der Waals surface area contributed by atoms with Gasteiger partial charge in [-0.2, -0.15) is 0 Å². The minimum atomic E-state index is -0.00181. The normalized spacial score (nSPS) is 10.3. The van der Waals surface area contributed by atoms with E-state index in [0.29, 0.717) is 0 Å². The molecule has 1 N–H and O–H groups in total. The zero-order valence-electron chi connectivity index (χ0n) is 4.72. The lowest BCUT2D eigenvalue weighted by Gasteiger charge is -2.01. The van der Waals surface area contributed by atoms with Crippen LogP contribution in [-0.2, 0) is 4.74 Å². The number of aliphatic hydroxyl groups is 1. The summed E-state index contributed by atoms with van der Waals surface area (Å²) < 4.78 is 4.82. The number of hydrogen-bond donors (Lipinski definition) is 1. The molecule has 1 radical (unpaired) electrons. The Bertz CT molecular complexity index is 35.1. The van der Waals surface area contributed by atoms with Gasteiger partial charge in [0.15, 0.2) is 0 Å². The smallest absolute Gasteiger partial charge is 0.109 e. The number of rotatable bonds is 3. The second-order valence-corrected chi connectivity index (χ2v) is 1.53. The van der Waals surface area contributed by atoms with Gasteiger partial charge in [-0.15, -0.1) is 0 Å². The van der Waals surface area contributed by atoms with E-state index in [-0.39, 0.29) is 12.7 Å². The fourth-order valence-electron chi connectivity index (χ4n) is 0.235. The van der Waals surface area contributed by atoms with Crippen LogP contribution >= 0.6 is 0 Å². The molecule has 0 amide bonds. The lowest BCUT2D eigenvalue weighted by Crippen LogP contribution is -2.00. The van der Waals surface area contributed by atoms with Crippen LogP contribution in [0, 0.1) is 6.61 Å². The summed E-state index contributed by atoms with van der Waals surface area (Å²) >= 11 is 0. The van der Waals surface area contributed by atoms with E-state index in [2.05, 4.69) is 0 Å². The molecule has 0 aromatic heterocycles. The van der Waals surface area contributed by atoms with Crippen molar-refractivity contribution in [3.8, 4) is 0 Å². The van der Waals surface area contributed by atoms with E-state index in [1.54, 1.807) is 0 Å². The van der Waals surface area contributed by atoms with Gasteiger partial charge >= 0.3 is 0 Å². The van der Waals surface area contributed by atoms with Gasteiger partial charge in [0.05, 0.1) is 12.7 Å². The molecule has 7 heavy (non-hydrogen) atoms. The largest absolute Gasteiger partial charge is 0.394 e. The van der Waals surface area contributed by atoms with Crippen molar-refractivity contribution in [2.75, 3.05) is 6.61 Å². The van der Waals surface area contributed by atoms with Gasteiger partial charge in [-0.1, -0.05) is 0 Å². The van der Waals surface area contributed by atoms with Gasteiger partial charge in [0, 0.05) is 0 Å². The molecule has 0 bridgehead atoms. The van der Waals surface area contributed by atoms with Crippen LogP contribution in [0.5, 0.6) is 0 Å². The fourth-order valence-corrected chi connectivity index (χ4v) is 0.235. The van der Waals surface area contributed by atoms with Crippen molar-refractivity contribution in [1.82, 2.24) is 0 Å². The van der Waals surface area contributed by atoms with Crippen molar-refractivity contribution >= 4 is 0 Å². The predicted molar refractivity (Wildman–Crippen MR) is 27.6 cm³/mol. The van der Waals surface area contributed by atoms with Crippen LogP contribution in [-0.4, -0.2) is 17.8 Å². The number of hydrogen-bond acceptors (Lipinski definition) is 2. The molecule has 0 aliphatic rings. The van der Waals surface area contributed by atoms with Crippen molar-refractivity contribution in [1.29, 1.82) is 0 Å². The quantitative estimate of drug-likeness (QED) is 0.565. The Morgan fingerprint density at radius 1 is 1.71 bits per heavy atom. The summed E-state index contributed by atoms with van der Waals surface area (Å²) in [4.78, 5) is 0. The summed E-state index contributed by atoms with van der Waals surface area (Å²) in [6.45, 7) is 5.20. The molecule has 0 heterocycles. The highest BCUT2D eigenvalue weighted by Crippen LogP contribution is 1.88. The first kappa shape index (κ1) is 6.92. The topological polar surface area (TPSA) is 29.5 Å². The summed E-state index contributed by atoms with van der Waals surface area (Å²) in [5.41, 5.74) is 0. The first-order valence-corrected chi connectivity index (χ1v) is 2.35. The average Bonchev–Trinajstić information content (AvgIpc) is 1.61. The Morgan fingerprint density at radius 2 is 2.29 bits per heavy atom. The molecule has 0 atom stereocenters. The molecular weight excluding hydrogens is 92.1 g/mol. The third kappa shape index (κ3) is 5.92. The molecule has 2 heteroatoms. The predicted octanol–water partition coefficient (Wildman–Crippen LogP) is 0.565. The standard InChI is InChI=1S/C5H11O2/c1-5(2)7-4-3-6/h4-6H,3H2,1-2H3. The Labute approximate surface area is 44.1 Å². The molecule has 0 rings (SSSR count). The van der Waals surface area contributed by atoms with Gasteiger partial charge < -0.3 is 9.84 Å². The van der Waals surface area contributed by atoms with Gasteiger partial charge in [-0.25, -0.2) is 0 Å².